The molecule has 2 heterocycles. The SMILES string of the molecule is CC(C)(C)OC(=O)N1CC(c2c[nH]c3cc(F)ccc23)C1. The summed E-state index contributed by atoms with van der Waals surface area (Å²) < 4.78 is 18.5. The van der Waals surface area contributed by atoms with Crippen LogP contribution >= 0.6 is 0 Å². The zero-order chi connectivity index (χ0) is 15.2. The predicted molar refractivity (Wildman–Crippen MR) is 78.8 cm³/mol. The molecule has 0 radical (unpaired) electrons. The molecule has 1 aliphatic rings. The van der Waals surface area contributed by atoms with E-state index in [2.05, 4.69) is 4.98 Å². The third kappa shape index (κ3) is 2.73. The minimum absolute atomic E-state index is 0.250. The van der Waals surface area contributed by atoms with E-state index in [0.717, 1.165) is 16.5 Å². The maximum atomic E-state index is 13.2. The van der Waals surface area contributed by atoms with Crippen LogP contribution in [0.15, 0.2) is 24.4 Å². The van der Waals surface area contributed by atoms with Crippen LogP contribution in [0.3, 0.4) is 0 Å². The number of ether oxygens (including phenoxy) is 1. The number of hydrogen-bond acceptors (Lipinski definition) is 2. The lowest BCUT2D eigenvalue weighted by Gasteiger charge is -2.39. The summed E-state index contributed by atoms with van der Waals surface area (Å²) in [5.41, 5.74) is 1.45. The van der Waals surface area contributed by atoms with Gasteiger partial charge in [-0.05, 0) is 44.5 Å². The van der Waals surface area contributed by atoms with Gasteiger partial charge in [0, 0.05) is 36.1 Å². The van der Waals surface area contributed by atoms with Crippen LogP contribution in [0.2, 0.25) is 0 Å². The van der Waals surface area contributed by atoms with Crippen molar-refractivity contribution in [1.82, 2.24) is 9.88 Å². The van der Waals surface area contributed by atoms with E-state index in [4.69, 9.17) is 4.74 Å². The van der Waals surface area contributed by atoms with Gasteiger partial charge in [0.2, 0.25) is 0 Å². The molecule has 1 fully saturated rings. The van der Waals surface area contributed by atoms with Crippen molar-refractivity contribution in [2.75, 3.05) is 13.1 Å². The molecule has 1 saturated heterocycles. The van der Waals surface area contributed by atoms with Crippen molar-refractivity contribution in [2.45, 2.75) is 32.3 Å². The Bertz CT molecular complexity index is 681. The fourth-order valence-corrected chi connectivity index (χ4v) is 2.61. The third-order valence-corrected chi connectivity index (χ3v) is 3.65. The van der Waals surface area contributed by atoms with Crippen molar-refractivity contribution in [3.05, 3.63) is 35.8 Å². The number of likely N-dealkylation sites (tertiary alicyclic amines) is 1. The van der Waals surface area contributed by atoms with Crippen molar-refractivity contribution >= 4 is 17.0 Å². The van der Waals surface area contributed by atoms with E-state index in [-0.39, 0.29) is 17.8 Å². The summed E-state index contributed by atoms with van der Waals surface area (Å²) >= 11 is 0. The van der Waals surface area contributed by atoms with Gasteiger partial charge in [-0.15, -0.1) is 0 Å². The highest BCUT2D eigenvalue weighted by Gasteiger charge is 2.35. The van der Waals surface area contributed by atoms with Crippen molar-refractivity contribution in [3.8, 4) is 0 Å². The van der Waals surface area contributed by atoms with Gasteiger partial charge in [-0.2, -0.15) is 0 Å². The molecule has 0 spiro atoms. The highest BCUT2D eigenvalue weighted by atomic mass is 19.1. The van der Waals surface area contributed by atoms with Crippen LogP contribution in [-0.2, 0) is 4.74 Å². The van der Waals surface area contributed by atoms with Crippen molar-refractivity contribution in [2.24, 2.45) is 0 Å². The van der Waals surface area contributed by atoms with Crippen LogP contribution in [0.5, 0.6) is 0 Å². The van der Waals surface area contributed by atoms with E-state index in [1.165, 1.54) is 12.1 Å². The number of hydrogen-bond donors (Lipinski definition) is 1. The van der Waals surface area contributed by atoms with Gasteiger partial charge in [0.05, 0.1) is 0 Å². The molecule has 0 saturated carbocycles. The summed E-state index contributed by atoms with van der Waals surface area (Å²) in [5.74, 6) is 0.0246. The molecule has 112 valence electrons. The molecular formula is C16H19FN2O2. The molecule has 1 amide bonds. The van der Waals surface area contributed by atoms with Crippen LogP contribution < -0.4 is 0 Å². The van der Waals surface area contributed by atoms with Gasteiger partial charge in [0.1, 0.15) is 11.4 Å². The Morgan fingerprint density at radius 2 is 2.10 bits per heavy atom. The Morgan fingerprint density at radius 3 is 2.76 bits per heavy atom. The molecular weight excluding hydrogens is 271 g/mol. The minimum Gasteiger partial charge on any atom is -0.444 e. The van der Waals surface area contributed by atoms with Gasteiger partial charge in [-0.1, -0.05) is 0 Å². The van der Waals surface area contributed by atoms with E-state index in [1.54, 1.807) is 11.0 Å². The topological polar surface area (TPSA) is 45.3 Å². The van der Waals surface area contributed by atoms with Crippen LogP contribution in [0.4, 0.5) is 9.18 Å². The molecule has 5 heteroatoms. The fourth-order valence-electron chi connectivity index (χ4n) is 2.61. The Kier molecular flexibility index (Phi) is 3.15. The molecule has 1 aromatic heterocycles. The number of nitrogens with one attached hydrogen (secondary N) is 1. The number of nitrogens with zero attached hydrogens (tertiary/aromatic N) is 1. The van der Waals surface area contributed by atoms with E-state index in [1.807, 2.05) is 27.0 Å². The first-order valence-electron chi connectivity index (χ1n) is 7.08. The van der Waals surface area contributed by atoms with E-state index < -0.39 is 5.60 Å². The second-order valence-electron chi connectivity index (χ2n) is 6.52. The van der Waals surface area contributed by atoms with Gasteiger partial charge in [0.15, 0.2) is 0 Å². The van der Waals surface area contributed by atoms with Crippen LogP contribution in [-0.4, -0.2) is 34.7 Å². The number of halogens is 1. The van der Waals surface area contributed by atoms with Gasteiger partial charge in [-0.25, -0.2) is 9.18 Å². The Morgan fingerprint density at radius 1 is 1.38 bits per heavy atom. The van der Waals surface area contributed by atoms with Gasteiger partial charge >= 0.3 is 6.09 Å². The highest BCUT2D eigenvalue weighted by Crippen LogP contribution is 2.33. The summed E-state index contributed by atoms with van der Waals surface area (Å²) in [6, 6.07) is 4.74. The number of amides is 1. The maximum absolute atomic E-state index is 13.2. The third-order valence-electron chi connectivity index (χ3n) is 3.65. The summed E-state index contributed by atoms with van der Waals surface area (Å²) in [5, 5.41) is 1.02. The molecule has 1 aliphatic heterocycles. The number of aromatic nitrogens is 1. The van der Waals surface area contributed by atoms with Crippen molar-refractivity contribution < 1.29 is 13.9 Å². The average Bonchev–Trinajstić information content (AvgIpc) is 2.67. The van der Waals surface area contributed by atoms with Gasteiger partial charge in [0.25, 0.3) is 0 Å². The van der Waals surface area contributed by atoms with Crippen LogP contribution in [0.1, 0.15) is 32.3 Å². The van der Waals surface area contributed by atoms with Crippen LogP contribution in [0, 0.1) is 5.82 Å². The molecule has 2 aromatic rings. The van der Waals surface area contributed by atoms with Crippen LogP contribution in [0.25, 0.3) is 10.9 Å². The lowest BCUT2D eigenvalue weighted by Crippen LogP contribution is -2.50. The molecule has 3 rings (SSSR count). The number of carbonyl (C=O) groups is 1. The Labute approximate surface area is 122 Å². The summed E-state index contributed by atoms with van der Waals surface area (Å²) in [6.45, 7) is 6.85. The van der Waals surface area contributed by atoms with E-state index >= 15 is 0 Å². The first kappa shape index (κ1) is 13.9. The normalized spacial score (nSPS) is 16.1. The molecule has 1 aromatic carbocycles. The predicted octanol–water partition coefficient (Wildman–Crippen LogP) is 3.64. The molecule has 0 aliphatic carbocycles. The number of fused-ring (bicyclic) bond motifs is 1. The molecule has 0 atom stereocenters. The zero-order valence-electron chi connectivity index (χ0n) is 12.4. The number of carbonyl (C=O) groups excluding carboxylic acids is 1. The monoisotopic (exact) mass is 290 g/mol. The summed E-state index contributed by atoms with van der Waals surface area (Å²) in [7, 11) is 0. The number of rotatable bonds is 1. The molecule has 0 unspecified atom stereocenters. The molecule has 0 bridgehead atoms. The molecule has 1 N–H and O–H groups in total. The van der Waals surface area contributed by atoms with Gasteiger partial charge in [-0.3, -0.25) is 0 Å². The van der Waals surface area contributed by atoms with E-state index in [9.17, 15) is 9.18 Å². The largest absolute Gasteiger partial charge is 0.444 e. The second kappa shape index (κ2) is 4.76. The maximum Gasteiger partial charge on any atom is 0.410 e. The Balaban J connectivity index is 1.69. The van der Waals surface area contributed by atoms with E-state index in [0.29, 0.717) is 13.1 Å². The molecule has 21 heavy (non-hydrogen) atoms. The lowest BCUT2D eigenvalue weighted by molar-refractivity contribution is 0.00830. The number of benzene rings is 1. The van der Waals surface area contributed by atoms with Crippen molar-refractivity contribution in [1.29, 1.82) is 0 Å². The lowest BCUT2D eigenvalue weighted by atomic mass is 9.91. The van der Waals surface area contributed by atoms with Gasteiger partial charge < -0.3 is 14.6 Å². The second-order valence-corrected chi connectivity index (χ2v) is 6.52. The average molecular weight is 290 g/mol. The molecule has 4 nitrogen and oxygen atoms in total. The zero-order valence-corrected chi connectivity index (χ0v) is 12.4. The van der Waals surface area contributed by atoms with Crippen molar-refractivity contribution in [3.63, 3.8) is 0 Å². The number of H-pyrrole nitrogens is 1. The standard InChI is InChI=1S/C16H19FN2O2/c1-16(2,3)21-15(20)19-8-10(9-19)13-7-18-14-6-11(17)4-5-12(13)14/h4-7,10,18H,8-9H2,1-3H3. The first-order valence-corrected chi connectivity index (χ1v) is 7.08. The summed E-state index contributed by atoms with van der Waals surface area (Å²) in [6.07, 6.45) is 1.63. The summed E-state index contributed by atoms with van der Waals surface area (Å²) in [4.78, 5) is 16.7. The fraction of sp³-hybridized carbons (Fsp3) is 0.438. The first-order chi connectivity index (χ1) is 9.83. The smallest absolute Gasteiger partial charge is 0.410 e. The Hall–Kier alpha value is -2.04. The minimum atomic E-state index is -0.472. The quantitative estimate of drug-likeness (QED) is 0.871. The highest BCUT2D eigenvalue weighted by molar-refractivity contribution is 5.84. The number of aromatic amines is 1.